The molecule has 2 unspecified atom stereocenters. The predicted molar refractivity (Wildman–Crippen MR) is 47.3 cm³/mol. The van der Waals surface area contributed by atoms with E-state index >= 15 is 0 Å². The maximum absolute atomic E-state index is 11.1. The van der Waals surface area contributed by atoms with E-state index in [2.05, 4.69) is 10.1 Å². The van der Waals surface area contributed by atoms with E-state index < -0.39 is 24.1 Å². The molecule has 0 radical (unpaired) electrons. The highest BCUT2D eigenvalue weighted by Crippen LogP contribution is 1.95. The quantitative estimate of drug-likeness (QED) is 0.470. The molecular weight excluding hydrogens is 190 g/mol. The van der Waals surface area contributed by atoms with E-state index in [1.807, 2.05) is 0 Å². The van der Waals surface area contributed by atoms with Crippen molar-refractivity contribution in [3.05, 3.63) is 0 Å². The summed E-state index contributed by atoms with van der Waals surface area (Å²) in [7, 11) is 0. The highest BCUT2D eigenvalue weighted by Gasteiger charge is 2.19. The molecule has 82 valence electrons. The van der Waals surface area contributed by atoms with E-state index in [1.165, 1.54) is 13.8 Å². The van der Waals surface area contributed by atoms with Crippen LogP contribution >= 0.6 is 0 Å². The fourth-order valence-corrected chi connectivity index (χ4v) is 0.649. The van der Waals surface area contributed by atoms with Crippen LogP contribution in [-0.4, -0.2) is 47.4 Å². The number of carbonyl (C=O) groups excluding carboxylic acids is 2. The molecule has 0 saturated heterocycles. The molecule has 0 aromatic heterocycles. The summed E-state index contributed by atoms with van der Waals surface area (Å²) in [5.41, 5.74) is 0. The SMILES string of the molecule is CC(O)C(=O)OC(C)C(=O)NCCO. The molecule has 0 fully saturated rings. The fraction of sp³-hybridized carbons (Fsp3) is 0.750. The third kappa shape index (κ3) is 4.78. The summed E-state index contributed by atoms with van der Waals surface area (Å²) in [4.78, 5) is 21.9. The van der Waals surface area contributed by atoms with Gasteiger partial charge in [-0.25, -0.2) is 4.79 Å². The Kier molecular flexibility index (Phi) is 5.82. The summed E-state index contributed by atoms with van der Waals surface area (Å²) in [6.45, 7) is 2.56. The van der Waals surface area contributed by atoms with Crippen LogP contribution in [0.2, 0.25) is 0 Å². The zero-order valence-electron chi connectivity index (χ0n) is 8.19. The van der Waals surface area contributed by atoms with Crippen LogP contribution in [0.1, 0.15) is 13.8 Å². The van der Waals surface area contributed by atoms with Crippen LogP contribution < -0.4 is 5.32 Å². The van der Waals surface area contributed by atoms with Crippen molar-refractivity contribution in [3.63, 3.8) is 0 Å². The molecule has 0 aromatic rings. The normalized spacial score (nSPS) is 14.3. The summed E-state index contributed by atoms with van der Waals surface area (Å²) in [6.07, 6.45) is -2.22. The topological polar surface area (TPSA) is 95.9 Å². The number of aliphatic hydroxyl groups excluding tert-OH is 2. The van der Waals surface area contributed by atoms with Crippen molar-refractivity contribution in [2.24, 2.45) is 0 Å². The molecule has 0 aliphatic rings. The smallest absolute Gasteiger partial charge is 0.335 e. The highest BCUT2D eigenvalue weighted by atomic mass is 16.6. The molecule has 14 heavy (non-hydrogen) atoms. The van der Waals surface area contributed by atoms with Gasteiger partial charge < -0.3 is 20.3 Å². The standard InChI is InChI=1S/C8H15NO5/c1-5(11)8(13)14-6(2)7(12)9-3-4-10/h5-6,10-11H,3-4H2,1-2H3,(H,9,12). The fourth-order valence-electron chi connectivity index (χ4n) is 0.649. The molecule has 0 heterocycles. The molecule has 0 bridgehead atoms. The Hall–Kier alpha value is -1.14. The van der Waals surface area contributed by atoms with Crippen molar-refractivity contribution in [3.8, 4) is 0 Å². The van der Waals surface area contributed by atoms with Gasteiger partial charge in [-0.15, -0.1) is 0 Å². The van der Waals surface area contributed by atoms with E-state index in [4.69, 9.17) is 10.2 Å². The zero-order valence-corrected chi connectivity index (χ0v) is 8.19. The first-order chi connectivity index (χ1) is 6.49. The Morgan fingerprint density at radius 1 is 1.43 bits per heavy atom. The molecule has 2 atom stereocenters. The van der Waals surface area contributed by atoms with Crippen LogP contribution in [0.3, 0.4) is 0 Å². The molecule has 3 N–H and O–H groups in total. The van der Waals surface area contributed by atoms with Crippen molar-refractivity contribution in [2.45, 2.75) is 26.1 Å². The van der Waals surface area contributed by atoms with Gasteiger partial charge >= 0.3 is 5.97 Å². The van der Waals surface area contributed by atoms with Crippen LogP contribution in [0.15, 0.2) is 0 Å². The number of nitrogens with one attached hydrogen (secondary N) is 1. The van der Waals surface area contributed by atoms with Gasteiger partial charge in [-0.2, -0.15) is 0 Å². The lowest BCUT2D eigenvalue weighted by Crippen LogP contribution is -2.38. The first-order valence-electron chi connectivity index (χ1n) is 4.26. The van der Waals surface area contributed by atoms with Gasteiger partial charge in [0.15, 0.2) is 6.10 Å². The van der Waals surface area contributed by atoms with Crippen LogP contribution in [0, 0.1) is 0 Å². The lowest BCUT2D eigenvalue weighted by molar-refractivity contribution is -0.162. The average molecular weight is 205 g/mol. The summed E-state index contributed by atoms with van der Waals surface area (Å²) in [6, 6.07) is 0. The number of hydrogen-bond acceptors (Lipinski definition) is 5. The Bertz CT molecular complexity index is 204. The predicted octanol–water partition coefficient (Wildman–Crippen LogP) is -1.59. The van der Waals surface area contributed by atoms with E-state index in [0.717, 1.165) is 0 Å². The number of carbonyl (C=O) groups is 2. The van der Waals surface area contributed by atoms with Gasteiger partial charge in [0.2, 0.25) is 0 Å². The Morgan fingerprint density at radius 2 is 2.00 bits per heavy atom. The minimum absolute atomic E-state index is 0.107. The monoisotopic (exact) mass is 205 g/mol. The summed E-state index contributed by atoms with van der Waals surface area (Å²) in [5, 5.41) is 19.5. The van der Waals surface area contributed by atoms with Crippen LogP contribution in [0.25, 0.3) is 0 Å². The third-order valence-electron chi connectivity index (χ3n) is 1.41. The van der Waals surface area contributed by atoms with Crippen molar-refractivity contribution in [1.29, 1.82) is 0 Å². The molecule has 6 heteroatoms. The van der Waals surface area contributed by atoms with Crippen molar-refractivity contribution in [1.82, 2.24) is 5.32 Å². The molecule has 0 aromatic carbocycles. The van der Waals surface area contributed by atoms with Gasteiger partial charge in [-0.05, 0) is 13.8 Å². The number of aliphatic hydroxyl groups is 2. The van der Waals surface area contributed by atoms with Gasteiger partial charge in [0.1, 0.15) is 6.10 Å². The van der Waals surface area contributed by atoms with Gasteiger partial charge in [-0.3, -0.25) is 4.79 Å². The lowest BCUT2D eigenvalue weighted by Gasteiger charge is -2.13. The molecule has 6 nitrogen and oxygen atoms in total. The molecule has 0 aliphatic carbocycles. The van der Waals surface area contributed by atoms with E-state index in [1.54, 1.807) is 0 Å². The summed E-state index contributed by atoms with van der Waals surface area (Å²) < 4.78 is 4.59. The van der Waals surface area contributed by atoms with Gasteiger partial charge in [0, 0.05) is 6.54 Å². The first-order valence-corrected chi connectivity index (χ1v) is 4.26. The number of esters is 1. The third-order valence-corrected chi connectivity index (χ3v) is 1.41. The van der Waals surface area contributed by atoms with Crippen molar-refractivity contribution >= 4 is 11.9 Å². The maximum Gasteiger partial charge on any atom is 0.335 e. The average Bonchev–Trinajstić information content (AvgIpc) is 2.13. The van der Waals surface area contributed by atoms with Gasteiger partial charge in [0.25, 0.3) is 5.91 Å². The number of hydrogen-bond donors (Lipinski definition) is 3. The second kappa shape index (κ2) is 6.33. The van der Waals surface area contributed by atoms with Crippen LogP contribution in [-0.2, 0) is 14.3 Å². The molecular formula is C8H15NO5. The Balaban J connectivity index is 3.89. The second-order valence-electron chi connectivity index (χ2n) is 2.77. The number of ether oxygens (including phenoxy) is 1. The number of amides is 1. The van der Waals surface area contributed by atoms with Gasteiger partial charge in [-0.1, -0.05) is 0 Å². The number of rotatable bonds is 5. The van der Waals surface area contributed by atoms with Crippen molar-refractivity contribution in [2.75, 3.05) is 13.2 Å². The Labute approximate surface area is 81.9 Å². The second-order valence-corrected chi connectivity index (χ2v) is 2.77. The van der Waals surface area contributed by atoms with Gasteiger partial charge in [0.05, 0.1) is 6.61 Å². The van der Waals surface area contributed by atoms with E-state index in [-0.39, 0.29) is 13.2 Å². The Morgan fingerprint density at radius 3 is 2.43 bits per heavy atom. The molecule has 0 aliphatic heterocycles. The van der Waals surface area contributed by atoms with Crippen LogP contribution in [0.4, 0.5) is 0 Å². The largest absolute Gasteiger partial charge is 0.451 e. The summed E-state index contributed by atoms with van der Waals surface area (Å²) >= 11 is 0. The minimum atomic E-state index is -1.25. The minimum Gasteiger partial charge on any atom is -0.451 e. The summed E-state index contributed by atoms with van der Waals surface area (Å²) in [5.74, 6) is -1.36. The van der Waals surface area contributed by atoms with E-state index in [0.29, 0.717) is 0 Å². The molecule has 0 rings (SSSR count). The van der Waals surface area contributed by atoms with E-state index in [9.17, 15) is 9.59 Å². The first kappa shape index (κ1) is 12.9. The lowest BCUT2D eigenvalue weighted by atomic mass is 10.3. The van der Waals surface area contributed by atoms with Crippen molar-refractivity contribution < 1.29 is 24.5 Å². The zero-order chi connectivity index (χ0) is 11.1. The molecule has 0 saturated carbocycles. The molecule has 0 spiro atoms. The molecule has 1 amide bonds. The van der Waals surface area contributed by atoms with Crippen LogP contribution in [0.5, 0.6) is 0 Å². The maximum atomic E-state index is 11.1. The highest BCUT2D eigenvalue weighted by molar-refractivity contribution is 5.84.